The Morgan fingerprint density at radius 1 is 1.05 bits per heavy atom. The lowest BCUT2D eigenvalue weighted by Gasteiger charge is -2.11. The fraction of sp³-hybridized carbons (Fsp3) is 0.143. The summed E-state index contributed by atoms with van der Waals surface area (Å²) < 4.78 is 18.7. The molecule has 2 N–H and O–H groups in total. The Morgan fingerprint density at radius 3 is 2.53 bits per heavy atom. The minimum Gasteiger partial charge on any atom is -0.489 e. The van der Waals surface area contributed by atoms with Gasteiger partial charge in [0.1, 0.15) is 18.2 Å². The molecule has 0 aliphatic carbocycles. The smallest absolute Gasteiger partial charge is 0.124 e. The summed E-state index contributed by atoms with van der Waals surface area (Å²) in [6.45, 7) is 0.482. The van der Waals surface area contributed by atoms with Gasteiger partial charge in [0.15, 0.2) is 0 Å². The molecule has 2 aromatic carbocycles. The van der Waals surface area contributed by atoms with Crippen LogP contribution >= 0.6 is 23.2 Å². The van der Waals surface area contributed by atoms with Crippen LogP contribution in [0.25, 0.3) is 0 Å². The maximum atomic E-state index is 13.1. The van der Waals surface area contributed by atoms with E-state index in [1.807, 2.05) is 0 Å². The van der Waals surface area contributed by atoms with Crippen LogP contribution in [0.1, 0.15) is 11.1 Å². The molecular weight excluding hydrogens is 288 g/mol. The van der Waals surface area contributed by atoms with E-state index in [0.29, 0.717) is 21.4 Å². The molecule has 0 amide bonds. The summed E-state index contributed by atoms with van der Waals surface area (Å²) in [5.74, 6) is 0.215. The van der Waals surface area contributed by atoms with Crippen LogP contribution in [-0.2, 0) is 13.2 Å². The van der Waals surface area contributed by atoms with Crippen LogP contribution in [0.15, 0.2) is 36.4 Å². The monoisotopic (exact) mass is 299 g/mol. The predicted octanol–water partition coefficient (Wildman–Crippen LogP) is 4.17. The zero-order chi connectivity index (χ0) is 13.8. The van der Waals surface area contributed by atoms with Crippen molar-refractivity contribution in [3.05, 3.63) is 63.4 Å². The van der Waals surface area contributed by atoms with Crippen molar-refractivity contribution < 1.29 is 9.13 Å². The van der Waals surface area contributed by atoms with Crippen molar-refractivity contribution in [2.45, 2.75) is 13.2 Å². The molecule has 100 valence electrons. The zero-order valence-corrected chi connectivity index (χ0v) is 11.5. The third-order valence-corrected chi connectivity index (χ3v) is 3.23. The van der Waals surface area contributed by atoms with Gasteiger partial charge in [-0.15, -0.1) is 0 Å². The first-order valence-corrected chi connectivity index (χ1v) is 6.41. The summed E-state index contributed by atoms with van der Waals surface area (Å²) in [6.07, 6.45) is 0. The molecule has 0 aliphatic heterocycles. The summed E-state index contributed by atoms with van der Waals surface area (Å²) in [7, 11) is 0. The minimum absolute atomic E-state index is 0.210. The van der Waals surface area contributed by atoms with Gasteiger partial charge in [0, 0.05) is 27.7 Å². The first-order valence-electron chi connectivity index (χ1n) is 5.65. The van der Waals surface area contributed by atoms with Gasteiger partial charge >= 0.3 is 0 Å². The quantitative estimate of drug-likeness (QED) is 0.919. The first-order chi connectivity index (χ1) is 9.10. The molecule has 0 bridgehead atoms. The van der Waals surface area contributed by atoms with Gasteiger partial charge in [-0.1, -0.05) is 29.3 Å². The van der Waals surface area contributed by atoms with Crippen molar-refractivity contribution in [3.8, 4) is 5.75 Å². The molecule has 5 heteroatoms. The molecule has 0 aliphatic rings. The van der Waals surface area contributed by atoms with Gasteiger partial charge in [-0.05, 0) is 30.3 Å². The lowest BCUT2D eigenvalue weighted by atomic mass is 10.2. The van der Waals surface area contributed by atoms with E-state index in [0.717, 1.165) is 5.56 Å². The van der Waals surface area contributed by atoms with Gasteiger partial charge in [-0.3, -0.25) is 0 Å². The van der Waals surface area contributed by atoms with Crippen molar-refractivity contribution in [2.75, 3.05) is 0 Å². The molecule has 19 heavy (non-hydrogen) atoms. The second-order valence-corrected chi connectivity index (χ2v) is 4.82. The predicted molar refractivity (Wildman–Crippen MR) is 75.1 cm³/mol. The molecule has 0 heterocycles. The standard InChI is InChI=1S/C14H12Cl2FNO/c15-11-2-1-9(13(16)6-11)8-19-14-4-3-12(17)5-10(14)7-18/h1-6H,7-8,18H2. The largest absolute Gasteiger partial charge is 0.489 e. The maximum absolute atomic E-state index is 13.1. The summed E-state index contributed by atoms with van der Waals surface area (Å²) in [6, 6.07) is 9.42. The lowest BCUT2D eigenvalue weighted by Crippen LogP contribution is -2.03. The minimum atomic E-state index is -0.336. The third kappa shape index (κ3) is 3.60. The van der Waals surface area contributed by atoms with Crippen molar-refractivity contribution in [3.63, 3.8) is 0 Å². The van der Waals surface area contributed by atoms with Crippen LogP contribution in [0, 0.1) is 5.82 Å². The highest BCUT2D eigenvalue weighted by molar-refractivity contribution is 6.35. The Balaban J connectivity index is 2.14. The first kappa shape index (κ1) is 14.1. The third-order valence-electron chi connectivity index (χ3n) is 2.64. The molecule has 0 radical (unpaired) electrons. The molecule has 2 aromatic rings. The average Bonchev–Trinajstić information content (AvgIpc) is 2.39. The number of nitrogens with two attached hydrogens (primary N) is 1. The Labute approximate surface area is 120 Å². The van der Waals surface area contributed by atoms with Gasteiger partial charge in [0.25, 0.3) is 0 Å². The summed E-state index contributed by atoms with van der Waals surface area (Å²) in [5, 5.41) is 1.10. The summed E-state index contributed by atoms with van der Waals surface area (Å²) in [4.78, 5) is 0. The highest BCUT2D eigenvalue weighted by Crippen LogP contribution is 2.24. The van der Waals surface area contributed by atoms with Crippen LogP contribution in [0.2, 0.25) is 10.0 Å². The summed E-state index contributed by atoms with van der Waals surface area (Å²) in [5.41, 5.74) is 6.97. The van der Waals surface area contributed by atoms with Crippen molar-refractivity contribution in [1.29, 1.82) is 0 Å². The number of hydrogen-bond acceptors (Lipinski definition) is 2. The maximum Gasteiger partial charge on any atom is 0.124 e. The number of ether oxygens (including phenoxy) is 1. The van der Waals surface area contributed by atoms with E-state index in [2.05, 4.69) is 0 Å². The van der Waals surface area contributed by atoms with Crippen LogP contribution in [-0.4, -0.2) is 0 Å². The van der Waals surface area contributed by atoms with Crippen molar-refractivity contribution >= 4 is 23.2 Å². The van der Waals surface area contributed by atoms with Gasteiger partial charge in [-0.25, -0.2) is 4.39 Å². The normalized spacial score (nSPS) is 10.5. The number of rotatable bonds is 4. The van der Waals surface area contributed by atoms with Crippen molar-refractivity contribution in [2.24, 2.45) is 5.73 Å². The van der Waals surface area contributed by atoms with Crippen LogP contribution in [0.5, 0.6) is 5.75 Å². The summed E-state index contributed by atoms with van der Waals surface area (Å²) >= 11 is 11.9. The fourth-order valence-corrected chi connectivity index (χ4v) is 2.11. The van der Waals surface area contributed by atoms with E-state index in [4.69, 9.17) is 33.7 Å². The van der Waals surface area contributed by atoms with Crippen LogP contribution in [0.4, 0.5) is 4.39 Å². The number of hydrogen-bond donors (Lipinski definition) is 1. The number of halogens is 3. The number of benzene rings is 2. The van der Waals surface area contributed by atoms with E-state index in [-0.39, 0.29) is 19.0 Å². The molecule has 0 spiro atoms. The Bertz CT molecular complexity index is 590. The Morgan fingerprint density at radius 2 is 1.84 bits per heavy atom. The fourth-order valence-electron chi connectivity index (χ4n) is 1.64. The molecule has 2 rings (SSSR count). The van der Waals surface area contributed by atoms with E-state index in [1.165, 1.54) is 12.1 Å². The zero-order valence-electron chi connectivity index (χ0n) is 10.00. The molecule has 2 nitrogen and oxygen atoms in total. The molecule has 0 unspecified atom stereocenters. The molecule has 0 aromatic heterocycles. The highest BCUT2D eigenvalue weighted by atomic mass is 35.5. The highest BCUT2D eigenvalue weighted by Gasteiger charge is 2.06. The van der Waals surface area contributed by atoms with Crippen LogP contribution in [0.3, 0.4) is 0 Å². The second kappa shape index (κ2) is 6.24. The van der Waals surface area contributed by atoms with E-state index < -0.39 is 0 Å². The molecule has 0 saturated heterocycles. The van der Waals surface area contributed by atoms with Crippen molar-refractivity contribution in [1.82, 2.24) is 0 Å². The van der Waals surface area contributed by atoms with Gasteiger partial charge in [-0.2, -0.15) is 0 Å². The SMILES string of the molecule is NCc1cc(F)ccc1OCc1ccc(Cl)cc1Cl. The molecule has 0 saturated carbocycles. The van der Waals surface area contributed by atoms with Gasteiger partial charge in [0.2, 0.25) is 0 Å². The van der Waals surface area contributed by atoms with E-state index in [9.17, 15) is 4.39 Å². The molecule has 0 fully saturated rings. The average molecular weight is 300 g/mol. The lowest BCUT2D eigenvalue weighted by molar-refractivity contribution is 0.302. The van der Waals surface area contributed by atoms with E-state index >= 15 is 0 Å². The van der Waals surface area contributed by atoms with Crippen LogP contribution < -0.4 is 10.5 Å². The van der Waals surface area contributed by atoms with Gasteiger partial charge in [0.05, 0.1) is 0 Å². The molecular formula is C14H12Cl2FNO. The van der Waals surface area contributed by atoms with E-state index in [1.54, 1.807) is 24.3 Å². The van der Waals surface area contributed by atoms with Gasteiger partial charge < -0.3 is 10.5 Å². The molecule has 0 atom stereocenters. The topological polar surface area (TPSA) is 35.2 Å². The Hall–Kier alpha value is -1.29. The second-order valence-electron chi connectivity index (χ2n) is 3.98. The Kier molecular flexibility index (Phi) is 4.64.